The van der Waals surface area contributed by atoms with E-state index in [2.05, 4.69) is 17.7 Å². The fourth-order valence-corrected chi connectivity index (χ4v) is 1.77. The lowest BCUT2D eigenvalue weighted by Gasteiger charge is -2.26. The van der Waals surface area contributed by atoms with Crippen LogP contribution < -0.4 is 0 Å². The van der Waals surface area contributed by atoms with Crippen molar-refractivity contribution in [2.75, 3.05) is 19.7 Å². The van der Waals surface area contributed by atoms with Crippen molar-refractivity contribution in [1.82, 2.24) is 4.90 Å². The van der Waals surface area contributed by atoms with Crippen LogP contribution in [0, 0.1) is 0 Å². The minimum atomic E-state index is -0.217. The molecule has 3 heteroatoms. The first-order chi connectivity index (χ1) is 8.76. The van der Waals surface area contributed by atoms with E-state index in [4.69, 9.17) is 4.74 Å². The molecule has 0 aliphatic carbocycles. The molecule has 1 rings (SSSR count). The van der Waals surface area contributed by atoms with Crippen LogP contribution in [0.25, 0.3) is 0 Å². The smallest absolute Gasteiger partial charge is 0.330 e. The summed E-state index contributed by atoms with van der Waals surface area (Å²) in [4.78, 5) is 13.5. The Labute approximate surface area is 109 Å². The number of esters is 1. The van der Waals surface area contributed by atoms with Crippen molar-refractivity contribution in [3.63, 3.8) is 0 Å². The van der Waals surface area contributed by atoms with Crippen LogP contribution in [0.5, 0.6) is 0 Å². The van der Waals surface area contributed by atoms with E-state index in [0.717, 1.165) is 25.9 Å². The average Bonchev–Trinajstić information content (AvgIpc) is 2.37. The largest absolute Gasteiger partial charge is 0.463 e. The molecule has 0 N–H and O–H groups in total. The van der Waals surface area contributed by atoms with Gasteiger partial charge >= 0.3 is 5.97 Å². The molecule has 0 aromatic carbocycles. The van der Waals surface area contributed by atoms with Gasteiger partial charge in [0.05, 0.1) is 6.61 Å². The van der Waals surface area contributed by atoms with Gasteiger partial charge in [0.15, 0.2) is 0 Å². The lowest BCUT2D eigenvalue weighted by Crippen LogP contribution is -2.25. The summed E-state index contributed by atoms with van der Waals surface area (Å²) in [6.45, 7) is 7.77. The van der Waals surface area contributed by atoms with Gasteiger partial charge in [-0.1, -0.05) is 30.4 Å². The number of ether oxygens (including phenoxy) is 1. The number of hydrogen-bond acceptors (Lipinski definition) is 3. The fraction of sp³-hybridized carbons (Fsp3) is 0.400. The predicted molar refractivity (Wildman–Crippen MR) is 74.0 cm³/mol. The summed E-state index contributed by atoms with van der Waals surface area (Å²) in [6.07, 6.45) is 13.2. The number of hydrogen-bond donors (Lipinski definition) is 0. The Morgan fingerprint density at radius 2 is 2.06 bits per heavy atom. The Morgan fingerprint density at radius 3 is 2.67 bits per heavy atom. The van der Waals surface area contributed by atoms with Gasteiger partial charge in [0, 0.05) is 19.2 Å². The zero-order valence-electron chi connectivity index (χ0n) is 11.0. The highest BCUT2D eigenvalue weighted by atomic mass is 16.5. The summed E-state index contributed by atoms with van der Waals surface area (Å²) in [5, 5.41) is 0. The SMILES string of the molecule is C=C/C=C\C=C\N1CCC(=CC(=O)OCC)CC1. The van der Waals surface area contributed by atoms with Crippen LogP contribution in [0.4, 0.5) is 0 Å². The highest BCUT2D eigenvalue weighted by Crippen LogP contribution is 2.16. The molecule has 0 unspecified atom stereocenters. The molecule has 1 heterocycles. The van der Waals surface area contributed by atoms with Crippen LogP contribution in [0.2, 0.25) is 0 Å². The Bertz CT molecular complexity index is 357. The van der Waals surface area contributed by atoms with Gasteiger partial charge in [-0.3, -0.25) is 0 Å². The molecule has 18 heavy (non-hydrogen) atoms. The molecule has 1 aliphatic heterocycles. The Kier molecular flexibility index (Phi) is 6.62. The van der Waals surface area contributed by atoms with Crippen LogP contribution in [-0.2, 0) is 9.53 Å². The summed E-state index contributed by atoms with van der Waals surface area (Å²) < 4.78 is 4.90. The molecule has 0 radical (unpaired) electrons. The van der Waals surface area contributed by atoms with Crippen LogP contribution in [-0.4, -0.2) is 30.6 Å². The second-order valence-electron chi connectivity index (χ2n) is 4.05. The molecule has 0 aromatic heterocycles. The molecule has 0 spiro atoms. The number of carbonyl (C=O) groups excluding carboxylic acids is 1. The lowest BCUT2D eigenvalue weighted by molar-refractivity contribution is -0.137. The molecule has 0 atom stereocenters. The molecule has 1 saturated heterocycles. The lowest BCUT2D eigenvalue weighted by atomic mass is 10.0. The van der Waals surface area contributed by atoms with Crippen molar-refractivity contribution in [1.29, 1.82) is 0 Å². The topological polar surface area (TPSA) is 29.5 Å². The number of carbonyl (C=O) groups is 1. The quantitative estimate of drug-likeness (QED) is 0.425. The molecule has 98 valence electrons. The highest BCUT2D eigenvalue weighted by Gasteiger charge is 2.11. The third-order valence-electron chi connectivity index (χ3n) is 2.70. The van der Waals surface area contributed by atoms with Gasteiger partial charge in [0.25, 0.3) is 0 Å². The molecule has 0 saturated carbocycles. The second-order valence-corrected chi connectivity index (χ2v) is 4.05. The van der Waals surface area contributed by atoms with Crippen LogP contribution in [0.3, 0.4) is 0 Å². The monoisotopic (exact) mass is 247 g/mol. The molecule has 0 aromatic rings. The Hall–Kier alpha value is -1.77. The van der Waals surface area contributed by atoms with E-state index in [9.17, 15) is 4.79 Å². The Balaban J connectivity index is 2.36. The normalized spacial score (nSPS) is 16.3. The van der Waals surface area contributed by atoms with Crippen molar-refractivity contribution in [3.8, 4) is 0 Å². The van der Waals surface area contributed by atoms with Gasteiger partial charge in [-0.05, 0) is 32.0 Å². The molecular weight excluding hydrogens is 226 g/mol. The van der Waals surface area contributed by atoms with E-state index in [1.165, 1.54) is 5.57 Å². The third kappa shape index (κ3) is 5.53. The van der Waals surface area contributed by atoms with Gasteiger partial charge in [-0.2, -0.15) is 0 Å². The molecule has 3 nitrogen and oxygen atoms in total. The molecular formula is C15H21NO2. The number of rotatable bonds is 5. The van der Waals surface area contributed by atoms with Gasteiger partial charge in [0.1, 0.15) is 0 Å². The molecule has 0 amide bonds. The zero-order chi connectivity index (χ0) is 13.2. The fourth-order valence-electron chi connectivity index (χ4n) is 1.77. The second kappa shape index (κ2) is 8.34. The highest BCUT2D eigenvalue weighted by molar-refractivity contribution is 5.82. The standard InChI is InChI=1S/C15H21NO2/c1-3-5-6-7-10-16-11-8-14(9-12-16)13-15(17)18-4-2/h3,5-7,10,13H,1,4,8-9,11-12H2,2H3/b6-5-,10-7+. The Morgan fingerprint density at radius 1 is 1.33 bits per heavy atom. The van der Waals surface area contributed by atoms with E-state index in [1.54, 1.807) is 12.2 Å². The number of allylic oxidation sites excluding steroid dienone is 4. The van der Waals surface area contributed by atoms with Crippen molar-refractivity contribution in [2.24, 2.45) is 0 Å². The molecule has 0 bridgehead atoms. The van der Waals surface area contributed by atoms with Crippen LogP contribution in [0.15, 0.2) is 48.7 Å². The van der Waals surface area contributed by atoms with Gasteiger partial charge < -0.3 is 9.64 Å². The maximum absolute atomic E-state index is 11.3. The van der Waals surface area contributed by atoms with Crippen LogP contribution in [0.1, 0.15) is 19.8 Å². The molecule has 1 fully saturated rings. The van der Waals surface area contributed by atoms with Crippen LogP contribution >= 0.6 is 0 Å². The summed E-state index contributed by atoms with van der Waals surface area (Å²) >= 11 is 0. The van der Waals surface area contributed by atoms with Gasteiger partial charge in [-0.15, -0.1) is 0 Å². The third-order valence-corrected chi connectivity index (χ3v) is 2.70. The van der Waals surface area contributed by atoms with Gasteiger partial charge in [-0.25, -0.2) is 4.79 Å². The van der Waals surface area contributed by atoms with E-state index in [-0.39, 0.29) is 5.97 Å². The summed E-state index contributed by atoms with van der Waals surface area (Å²) in [5.41, 5.74) is 1.18. The number of likely N-dealkylation sites (tertiary alicyclic amines) is 1. The maximum Gasteiger partial charge on any atom is 0.330 e. The first-order valence-electron chi connectivity index (χ1n) is 6.32. The maximum atomic E-state index is 11.3. The first-order valence-corrected chi connectivity index (χ1v) is 6.32. The summed E-state index contributed by atoms with van der Waals surface area (Å²) in [7, 11) is 0. The van der Waals surface area contributed by atoms with Gasteiger partial charge in [0.2, 0.25) is 0 Å². The minimum absolute atomic E-state index is 0.217. The van der Waals surface area contributed by atoms with E-state index >= 15 is 0 Å². The van der Waals surface area contributed by atoms with E-state index < -0.39 is 0 Å². The number of piperidine rings is 1. The summed E-state index contributed by atoms with van der Waals surface area (Å²) in [6, 6.07) is 0. The average molecular weight is 247 g/mol. The van der Waals surface area contributed by atoms with Crippen molar-refractivity contribution in [3.05, 3.63) is 48.7 Å². The van der Waals surface area contributed by atoms with Crippen molar-refractivity contribution < 1.29 is 9.53 Å². The van der Waals surface area contributed by atoms with E-state index in [0.29, 0.717) is 6.61 Å². The molecule has 1 aliphatic rings. The number of nitrogens with zero attached hydrogens (tertiary/aromatic N) is 1. The minimum Gasteiger partial charge on any atom is -0.463 e. The zero-order valence-corrected chi connectivity index (χ0v) is 11.0. The first kappa shape index (κ1) is 14.3. The van der Waals surface area contributed by atoms with Crippen molar-refractivity contribution in [2.45, 2.75) is 19.8 Å². The summed E-state index contributed by atoms with van der Waals surface area (Å²) in [5.74, 6) is -0.217. The van der Waals surface area contributed by atoms with E-state index in [1.807, 2.05) is 25.2 Å². The van der Waals surface area contributed by atoms with Crippen molar-refractivity contribution >= 4 is 5.97 Å². The predicted octanol–water partition coefficient (Wildman–Crippen LogP) is 2.83.